The highest BCUT2D eigenvalue weighted by Crippen LogP contribution is 2.43. The summed E-state index contributed by atoms with van der Waals surface area (Å²) in [5.41, 5.74) is -0.594. The largest absolute Gasteiger partial charge is 0.492 e. The number of nitrogens with zero attached hydrogens (tertiary/aromatic N) is 5. The summed E-state index contributed by atoms with van der Waals surface area (Å²) >= 11 is 0.826. The van der Waals surface area contributed by atoms with Crippen LogP contribution in [0.1, 0.15) is 29.2 Å². The Balaban J connectivity index is 1.36. The van der Waals surface area contributed by atoms with Crippen LogP contribution in [0.2, 0.25) is 0 Å². The van der Waals surface area contributed by atoms with Crippen LogP contribution < -0.4 is 20.4 Å². The van der Waals surface area contributed by atoms with E-state index in [1.165, 1.54) is 13.3 Å². The topological polar surface area (TPSA) is 163 Å². The van der Waals surface area contributed by atoms with Crippen molar-refractivity contribution >= 4 is 44.0 Å². The SMILES string of the molecule is COc1c(N2CCN(CC(O)Nc3ncc([N+](=O)[O-])s3)CC2)c(F)cc2c(=O)c(C(=O)O)cn(C3CC3)c12. The molecule has 1 aliphatic heterocycles. The van der Waals surface area contributed by atoms with E-state index in [0.717, 1.165) is 36.4 Å². The molecule has 202 valence electrons. The van der Waals surface area contributed by atoms with Crippen molar-refractivity contribution in [3.05, 3.63) is 50.2 Å². The van der Waals surface area contributed by atoms with Crippen molar-refractivity contribution in [2.24, 2.45) is 0 Å². The maximum absolute atomic E-state index is 15.5. The minimum atomic E-state index is -1.37. The molecule has 13 nitrogen and oxygen atoms in total. The number of aromatic nitrogens is 2. The van der Waals surface area contributed by atoms with E-state index >= 15 is 4.39 Å². The van der Waals surface area contributed by atoms with E-state index in [9.17, 15) is 29.9 Å². The molecule has 1 unspecified atom stereocenters. The number of aliphatic hydroxyl groups is 1. The highest BCUT2D eigenvalue weighted by Gasteiger charge is 2.32. The highest BCUT2D eigenvalue weighted by molar-refractivity contribution is 7.18. The average molecular weight is 549 g/mol. The summed E-state index contributed by atoms with van der Waals surface area (Å²) in [6.45, 7) is 1.97. The van der Waals surface area contributed by atoms with Gasteiger partial charge in [-0.05, 0) is 30.2 Å². The number of benzene rings is 1. The van der Waals surface area contributed by atoms with Gasteiger partial charge in [-0.1, -0.05) is 0 Å². The van der Waals surface area contributed by atoms with E-state index in [0.29, 0.717) is 31.7 Å². The van der Waals surface area contributed by atoms with Crippen molar-refractivity contribution in [2.45, 2.75) is 25.1 Å². The number of carbonyl (C=O) groups is 1. The fraction of sp³-hybridized carbons (Fsp3) is 0.435. The number of piperazine rings is 1. The minimum absolute atomic E-state index is 0.00789. The molecular formula is C23H25FN6O7S. The normalized spacial score (nSPS) is 17.0. The number of carboxylic acid groups (broad SMARTS) is 1. The number of carboxylic acids is 1. The fourth-order valence-corrected chi connectivity index (χ4v) is 5.41. The molecule has 2 aromatic heterocycles. The summed E-state index contributed by atoms with van der Waals surface area (Å²) < 4.78 is 22.8. The van der Waals surface area contributed by atoms with Gasteiger partial charge in [-0.15, -0.1) is 0 Å². The lowest BCUT2D eigenvalue weighted by molar-refractivity contribution is -0.380. The van der Waals surface area contributed by atoms with Gasteiger partial charge in [0.2, 0.25) is 5.43 Å². The Morgan fingerprint density at radius 2 is 2.08 bits per heavy atom. The molecular weight excluding hydrogens is 523 g/mol. The number of nitro groups is 1. The maximum Gasteiger partial charge on any atom is 0.345 e. The first-order chi connectivity index (χ1) is 18.2. The molecule has 3 aromatic rings. The van der Waals surface area contributed by atoms with Crippen LogP contribution in [0.15, 0.2) is 23.3 Å². The van der Waals surface area contributed by atoms with E-state index in [2.05, 4.69) is 10.3 Å². The first-order valence-corrected chi connectivity index (χ1v) is 12.7. The maximum atomic E-state index is 15.5. The molecule has 1 atom stereocenters. The number of thiazole rings is 1. The third-order valence-electron chi connectivity index (χ3n) is 6.66. The third kappa shape index (κ3) is 4.87. The zero-order valence-electron chi connectivity index (χ0n) is 20.3. The van der Waals surface area contributed by atoms with E-state index in [1.807, 2.05) is 4.90 Å². The molecule has 0 spiro atoms. The summed E-state index contributed by atoms with van der Waals surface area (Å²) in [4.78, 5) is 42.4. The first kappa shape index (κ1) is 25.8. The number of aliphatic hydroxyl groups excluding tert-OH is 1. The first-order valence-electron chi connectivity index (χ1n) is 11.9. The Morgan fingerprint density at radius 1 is 1.37 bits per heavy atom. The molecule has 1 aliphatic carbocycles. The summed E-state index contributed by atoms with van der Waals surface area (Å²) in [7, 11) is 1.39. The molecule has 0 amide bonds. The van der Waals surface area contributed by atoms with Gasteiger partial charge >= 0.3 is 11.0 Å². The van der Waals surface area contributed by atoms with Crippen LogP contribution in [0.3, 0.4) is 0 Å². The Labute approximate surface area is 218 Å². The number of ether oxygens (including phenoxy) is 1. The molecule has 2 aliphatic rings. The predicted octanol–water partition coefficient (Wildman–Crippen LogP) is 2.10. The molecule has 3 N–H and O–H groups in total. The van der Waals surface area contributed by atoms with Gasteiger partial charge in [0.1, 0.15) is 23.7 Å². The molecule has 1 saturated carbocycles. The number of anilines is 2. The Bertz CT molecular complexity index is 1460. The van der Waals surface area contributed by atoms with Crippen molar-refractivity contribution in [3.63, 3.8) is 0 Å². The lowest BCUT2D eigenvalue weighted by atomic mass is 10.1. The predicted molar refractivity (Wildman–Crippen MR) is 137 cm³/mol. The zero-order chi connectivity index (χ0) is 27.1. The van der Waals surface area contributed by atoms with Crippen LogP contribution in [0.25, 0.3) is 10.9 Å². The monoisotopic (exact) mass is 548 g/mol. The second-order valence-electron chi connectivity index (χ2n) is 9.16. The van der Waals surface area contributed by atoms with E-state index in [4.69, 9.17) is 4.74 Å². The number of nitrogens with one attached hydrogen (secondary N) is 1. The Hall–Kier alpha value is -3.82. The lowest BCUT2D eigenvalue weighted by Gasteiger charge is -2.37. The second-order valence-corrected chi connectivity index (χ2v) is 10.2. The van der Waals surface area contributed by atoms with Crippen LogP contribution in [-0.4, -0.2) is 81.6 Å². The number of rotatable bonds is 9. The molecule has 3 heterocycles. The average Bonchev–Trinajstić information content (AvgIpc) is 3.61. The number of fused-ring (bicyclic) bond motifs is 1. The van der Waals surface area contributed by atoms with Crippen LogP contribution in [0, 0.1) is 15.9 Å². The number of hydrogen-bond acceptors (Lipinski definition) is 11. The van der Waals surface area contributed by atoms with Gasteiger partial charge in [0.05, 0.1) is 22.9 Å². The van der Waals surface area contributed by atoms with Crippen molar-refractivity contribution in [2.75, 3.05) is 50.1 Å². The number of halogens is 1. The van der Waals surface area contributed by atoms with Crippen LogP contribution >= 0.6 is 11.3 Å². The van der Waals surface area contributed by atoms with Crippen molar-refractivity contribution in [1.29, 1.82) is 0 Å². The molecule has 2 fully saturated rings. The standard InChI is InChI=1S/C23H25FN6O7S/c1-37-21-18-13(20(32)14(22(33)34)10-29(18)12-2-3-12)8-15(24)19(21)28-6-4-27(5-7-28)11-16(31)26-23-25-9-17(38-23)30(35)36/h8-10,12,16,31H,2-7,11H2,1H3,(H,25,26)(H,33,34). The van der Waals surface area contributed by atoms with Crippen LogP contribution in [0.5, 0.6) is 5.75 Å². The Morgan fingerprint density at radius 3 is 2.66 bits per heavy atom. The van der Waals surface area contributed by atoms with Crippen LogP contribution in [0.4, 0.5) is 20.2 Å². The molecule has 5 rings (SSSR count). The number of pyridine rings is 1. The molecule has 1 saturated heterocycles. The van der Waals surface area contributed by atoms with Gasteiger partial charge in [-0.2, -0.15) is 0 Å². The van der Waals surface area contributed by atoms with Crippen molar-refractivity contribution in [3.8, 4) is 5.75 Å². The molecule has 1 aromatic carbocycles. The highest BCUT2D eigenvalue weighted by atomic mass is 32.1. The lowest BCUT2D eigenvalue weighted by Crippen LogP contribution is -2.50. The quantitative estimate of drug-likeness (QED) is 0.204. The number of aromatic carboxylic acids is 1. The van der Waals surface area contributed by atoms with Gasteiger partial charge < -0.3 is 29.7 Å². The van der Waals surface area contributed by atoms with E-state index < -0.39 is 33.9 Å². The third-order valence-corrected chi connectivity index (χ3v) is 7.54. The van der Waals surface area contributed by atoms with Crippen molar-refractivity contribution in [1.82, 2.24) is 14.5 Å². The van der Waals surface area contributed by atoms with E-state index in [-0.39, 0.29) is 39.5 Å². The van der Waals surface area contributed by atoms with Crippen LogP contribution in [-0.2, 0) is 0 Å². The van der Waals surface area contributed by atoms with E-state index in [1.54, 1.807) is 9.47 Å². The minimum Gasteiger partial charge on any atom is -0.492 e. The molecule has 0 radical (unpaired) electrons. The van der Waals surface area contributed by atoms with Crippen molar-refractivity contribution < 1.29 is 29.1 Å². The number of β-amino-alcohol motifs (C(OH)–C–C–N with tert-alkyl or cyclic N) is 1. The van der Waals surface area contributed by atoms with Gasteiger partial charge in [0.15, 0.2) is 16.7 Å². The van der Waals surface area contributed by atoms with Gasteiger partial charge in [0, 0.05) is 45.0 Å². The summed E-state index contributed by atoms with van der Waals surface area (Å²) in [6, 6.07) is 1.10. The summed E-state index contributed by atoms with van der Waals surface area (Å²) in [6.07, 6.45) is 3.05. The fourth-order valence-electron chi connectivity index (χ4n) is 4.73. The molecule has 0 bridgehead atoms. The zero-order valence-corrected chi connectivity index (χ0v) is 21.1. The molecule has 38 heavy (non-hydrogen) atoms. The van der Waals surface area contributed by atoms with Gasteiger partial charge in [0.25, 0.3) is 0 Å². The number of hydrogen-bond donors (Lipinski definition) is 3. The van der Waals surface area contributed by atoms with Gasteiger partial charge in [-0.3, -0.25) is 19.8 Å². The summed E-state index contributed by atoms with van der Waals surface area (Å²) in [5, 5.41) is 33.5. The summed E-state index contributed by atoms with van der Waals surface area (Å²) in [5.74, 6) is -1.87. The van der Waals surface area contributed by atoms with Gasteiger partial charge in [-0.25, -0.2) is 14.2 Å². The second kappa shape index (κ2) is 10.2. The smallest absolute Gasteiger partial charge is 0.345 e. The Kier molecular flexibility index (Phi) is 6.90. The molecule has 15 heteroatoms. The number of methoxy groups -OCH3 is 1.